The summed E-state index contributed by atoms with van der Waals surface area (Å²) in [6.45, 7) is 0. The molecule has 1 aromatic rings. The predicted octanol–water partition coefficient (Wildman–Crippen LogP) is 3.26. The molecule has 13 heavy (non-hydrogen) atoms. The van der Waals surface area contributed by atoms with Gasteiger partial charge in [-0.3, -0.25) is 0 Å². The van der Waals surface area contributed by atoms with Gasteiger partial charge in [0.1, 0.15) is 5.75 Å². The molecule has 0 aliphatic rings. The summed E-state index contributed by atoms with van der Waals surface area (Å²) in [6, 6.07) is 3.96. The Morgan fingerprint density at radius 3 is 2.46 bits per heavy atom. The first-order valence-corrected chi connectivity index (χ1v) is 4.22. The number of halogens is 4. The first-order chi connectivity index (χ1) is 5.88. The van der Waals surface area contributed by atoms with Gasteiger partial charge >= 0.3 is 6.18 Å². The minimum absolute atomic E-state index is 0.123. The van der Waals surface area contributed by atoms with E-state index < -0.39 is 12.6 Å². The van der Waals surface area contributed by atoms with Crippen molar-refractivity contribution in [1.29, 1.82) is 0 Å². The van der Waals surface area contributed by atoms with Crippen molar-refractivity contribution in [3.8, 4) is 5.75 Å². The van der Waals surface area contributed by atoms with E-state index in [1.54, 1.807) is 0 Å². The monoisotopic (exact) mass is 254 g/mol. The number of benzene rings is 1. The topological polar surface area (TPSA) is 20.2 Å². The van der Waals surface area contributed by atoms with Gasteiger partial charge in [0, 0.05) is 10.0 Å². The number of hydrogen-bond donors (Lipinski definition) is 1. The van der Waals surface area contributed by atoms with Gasteiger partial charge in [-0.25, -0.2) is 0 Å². The average Bonchev–Trinajstić information content (AvgIpc) is 1.94. The number of alkyl halides is 3. The molecule has 1 rings (SSSR count). The Bertz CT molecular complexity index is 309. The fraction of sp³-hybridized carbons (Fsp3) is 0.250. The molecule has 1 nitrogen and oxygen atoms in total. The molecule has 0 spiro atoms. The minimum Gasteiger partial charge on any atom is -0.508 e. The van der Waals surface area contributed by atoms with E-state index in [4.69, 9.17) is 5.11 Å². The Balaban J connectivity index is 2.94. The lowest BCUT2D eigenvalue weighted by Crippen LogP contribution is -2.11. The molecule has 72 valence electrons. The van der Waals surface area contributed by atoms with Crippen molar-refractivity contribution in [2.24, 2.45) is 0 Å². The van der Waals surface area contributed by atoms with E-state index in [1.807, 2.05) is 0 Å². The SMILES string of the molecule is Oc1ccc(Br)cc1CC(F)(F)F. The lowest BCUT2D eigenvalue weighted by atomic mass is 10.1. The summed E-state index contributed by atoms with van der Waals surface area (Å²) in [5.41, 5.74) is -0.123. The molecule has 1 N–H and O–H groups in total. The molecule has 0 atom stereocenters. The van der Waals surface area contributed by atoms with Crippen LogP contribution >= 0.6 is 15.9 Å². The number of phenols is 1. The largest absolute Gasteiger partial charge is 0.508 e. The molecule has 5 heteroatoms. The van der Waals surface area contributed by atoms with Crippen molar-refractivity contribution in [2.45, 2.75) is 12.6 Å². The Hall–Kier alpha value is -0.710. The fourth-order valence-corrected chi connectivity index (χ4v) is 1.32. The van der Waals surface area contributed by atoms with Crippen LogP contribution < -0.4 is 0 Å². The molecule has 0 heterocycles. The summed E-state index contributed by atoms with van der Waals surface area (Å²) < 4.78 is 36.3. The van der Waals surface area contributed by atoms with E-state index in [0.717, 1.165) is 0 Å². The highest BCUT2D eigenvalue weighted by Gasteiger charge is 2.28. The second-order valence-electron chi connectivity index (χ2n) is 2.56. The smallest absolute Gasteiger partial charge is 0.393 e. The zero-order valence-electron chi connectivity index (χ0n) is 6.40. The molecular formula is C8H6BrF3O. The highest BCUT2D eigenvalue weighted by Crippen LogP contribution is 2.28. The van der Waals surface area contributed by atoms with Crippen LogP contribution in [0.15, 0.2) is 22.7 Å². The van der Waals surface area contributed by atoms with Gasteiger partial charge in [0.05, 0.1) is 6.42 Å². The standard InChI is InChI=1S/C8H6BrF3O/c9-6-1-2-7(13)5(3-6)4-8(10,11)12/h1-3,13H,4H2. The van der Waals surface area contributed by atoms with Crippen molar-refractivity contribution in [3.05, 3.63) is 28.2 Å². The van der Waals surface area contributed by atoms with Gasteiger partial charge in [-0.15, -0.1) is 0 Å². The van der Waals surface area contributed by atoms with Crippen molar-refractivity contribution in [3.63, 3.8) is 0 Å². The van der Waals surface area contributed by atoms with Crippen LogP contribution in [0.25, 0.3) is 0 Å². The second kappa shape index (κ2) is 3.57. The summed E-state index contributed by atoms with van der Waals surface area (Å²) in [6.07, 6.45) is -5.41. The molecule has 0 bridgehead atoms. The third-order valence-electron chi connectivity index (χ3n) is 1.43. The molecule has 0 radical (unpaired) electrons. The maximum Gasteiger partial charge on any atom is 0.393 e. The minimum atomic E-state index is -4.29. The van der Waals surface area contributed by atoms with Crippen LogP contribution in [-0.4, -0.2) is 11.3 Å². The van der Waals surface area contributed by atoms with Crippen LogP contribution in [0, 0.1) is 0 Å². The highest BCUT2D eigenvalue weighted by molar-refractivity contribution is 9.10. The Labute approximate surface area is 81.3 Å². The number of aromatic hydroxyl groups is 1. The van der Waals surface area contributed by atoms with Gasteiger partial charge in [-0.05, 0) is 18.2 Å². The van der Waals surface area contributed by atoms with Crippen molar-refractivity contribution in [2.75, 3.05) is 0 Å². The number of hydrogen-bond acceptors (Lipinski definition) is 1. The summed E-state index contributed by atoms with van der Waals surface area (Å²) in [5, 5.41) is 9.08. The lowest BCUT2D eigenvalue weighted by molar-refractivity contribution is -0.127. The number of phenolic OH excluding ortho intramolecular Hbond substituents is 1. The molecule has 0 amide bonds. The summed E-state index contributed by atoms with van der Waals surface area (Å²) in [5.74, 6) is -0.333. The molecule has 0 saturated carbocycles. The van der Waals surface area contributed by atoms with Gasteiger partial charge in [-0.1, -0.05) is 15.9 Å². The van der Waals surface area contributed by atoms with Crippen molar-refractivity contribution < 1.29 is 18.3 Å². The van der Waals surface area contributed by atoms with Gasteiger partial charge < -0.3 is 5.11 Å². The zero-order valence-corrected chi connectivity index (χ0v) is 7.98. The van der Waals surface area contributed by atoms with E-state index >= 15 is 0 Å². The van der Waals surface area contributed by atoms with Gasteiger partial charge in [0.15, 0.2) is 0 Å². The van der Waals surface area contributed by atoms with Crippen LogP contribution in [-0.2, 0) is 6.42 Å². The van der Waals surface area contributed by atoms with E-state index in [2.05, 4.69) is 15.9 Å². The fourth-order valence-electron chi connectivity index (χ4n) is 0.912. The Morgan fingerprint density at radius 1 is 1.31 bits per heavy atom. The van der Waals surface area contributed by atoms with Crippen LogP contribution in [0.2, 0.25) is 0 Å². The molecule has 0 aromatic heterocycles. The van der Waals surface area contributed by atoms with Crippen LogP contribution in [0.5, 0.6) is 5.75 Å². The van der Waals surface area contributed by atoms with Crippen molar-refractivity contribution >= 4 is 15.9 Å². The third-order valence-corrected chi connectivity index (χ3v) is 1.93. The van der Waals surface area contributed by atoms with Gasteiger partial charge in [-0.2, -0.15) is 13.2 Å². The lowest BCUT2D eigenvalue weighted by Gasteiger charge is -2.08. The first-order valence-electron chi connectivity index (χ1n) is 3.42. The zero-order chi connectivity index (χ0) is 10.1. The van der Waals surface area contributed by atoms with E-state index in [9.17, 15) is 13.2 Å². The van der Waals surface area contributed by atoms with E-state index in [0.29, 0.717) is 4.47 Å². The van der Waals surface area contributed by atoms with Gasteiger partial charge in [0.25, 0.3) is 0 Å². The molecule has 0 fully saturated rings. The predicted molar refractivity (Wildman–Crippen MR) is 45.6 cm³/mol. The number of rotatable bonds is 1. The molecule has 0 aliphatic heterocycles. The maximum absolute atomic E-state index is 11.9. The van der Waals surface area contributed by atoms with E-state index in [-0.39, 0.29) is 11.3 Å². The molecule has 0 saturated heterocycles. The van der Waals surface area contributed by atoms with Crippen LogP contribution in [0.3, 0.4) is 0 Å². The van der Waals surface area contributed by atoms with Crippen LogP contribution in [0.4, 0.5) is 13.2 Å². The summed E-state index contributed by atoms with van der Waals surface area (Å²) in [4.78, 5) is 0. The van der Waals surface area contributed by atoms with Crippen LogP contribution in [0.1, 0.15) is 5.56 Å². The Morgan fingerprint density at radius 2 is 1.92 bits per heavy atom. The third kappa shape index (κ3) is 3.26. The summed E-state index contributed by atoms with van der Waals surface area (Å²) >= 11 is 3.03. The normalized spacial score (nSPS) is 11.7. The first kappa shape index (κ1) is 10.4. The van der Waals surface area contributed by atoms with E-state index in [1.165, 1.54) is 18.2 Å². The summed E-state index contributed by atoms with van der Waals surface area (Å²) in [7, 11) is 0. The molecule has 0 aliphatic carbocycles. The van der Waals surface area contributed by atoms with Crippen molar-refractivity contribution in [1.82, 2.24) is 0 Å². The second-order valence-corrected chi connectivity index (χ2v) is 3.48. The quantitative estimate of drug-likeness (QED) is 0.816. The average molecular weight is 255 g/mol. The molecular weight excluding hydrogens is 249 g/mol. The molecule has 0 unspecified atom stereocenters. The van der Waals surface area contributed by atoms with Gasteiger partial charge in [0.2, 0.25) is 0 Å². The molecule has 1 aromatic carbocycles. The maximum atomic E-state index is 11.9. The Kier molecular flexibility index (Phi) is 2.85. The highest BCUT2D eigenvalue weighted by atomic mass is 79.9.